The second-order valence-corrected chi connectivity index (χ2v) is 6.24. The van der Waals surface area contributed by atoms with Crippen molar-refractivity contribution in [3.63, 3.8) is 0 Å². The second-order valence-electron chi connectivity index (χ2n) is 5.29. The summed E-state index contributed by atoms with van der Waals surface area (Å²) in [6.07, 6.45) is 0. The van der Waals surface area contributed by atoms with Gasteiger partial charge in [-0.15, -0.1) is 21.5 Å². The normalized spacial score (nSPS) is 12.2. The summed E-state index contributed by atoms with van der Waals surface area (Å²) in [5.41, 5.74) is 7.41. The highest BCUT2D eigenvalue weighted by Crippen LogP contribution is 2.23. The number of hydrazone groups is 1. The third kappa shape index (κ3) is 2.55. The maximum atomic E-state index is 4.45. The smallest absolute Gasteiger partial charge is 0.265 e. The van der Waals surface area contributed by atoms with Gasteiger partial charge in [-0.1, -0.05) is 17.7 Å². The third-order valence-electron chi connectivity index (χ3n) is 3.57. The van der Waals surface area contributed by atoms with E-state index in [0.717, 1.165) is 27.0 Å². The lowest BCUT2D eigenvalue weighted by molar-refractivity contribution is 1.01. The van der Waals surface area contributed by atoms with Gasteiger partial charge in [-0.3, -0.25) is 0 Å². The van der Waals surface area contributed by atoms with Gasteiger partial charge in [-0.25, -0.2) is 5.43 Å². The fourth-order valence-electron chi connectivity index (χ4n) is 2.41. The lowest BCUT2D eigenvalue weighted by Crippen LogP contribution is -2.02. The fraction of sp³-hybridized carbons (Fsp3) is 0.125. The summed E-state index contributed by atoms with van der Waals surface area (Å²) in [6.45, 7) is 3.99. The van der Waals surface area contributed by atoms with Crippen LogP contribution in [0.3, 0.4) is 0 Å². The standard InChI is InChI=1S/C16H14N6S/c1-9-5-6-12-11(8-9)14-15(17-12)18-16(22-20-14)21-19-10(2)13-4-3-7-23-13/h3-8H,1-2H3,(H2,17,18,21,22)/b19-10+. The van der Waals surface area contributed by atoms with E-state index in [-0.39, 0.29) is 0 Å². The van der Waals surface area contributed by atoms with Crippen LogP contribution >= 0.6 is 11.3 Å². The predicted molar refractivity (Wildman–Crippen MR) is 94.1 cm³/mol. The van der Waals surface area contributed by atoms with Gasteiger partial charge in [0, 0.05) is 15.8 Å². The minimum atomic E-state index is 0.372. The van der Waals surface area contributed by atoms with Crippen LogP contribution in [-0.4, -0.2) is 25.9 Å². The van der Waals surface area contributed by atoms with Gasteiger partial charge in [0.05, 0.1) is 5.71 Å². The number of H-pyrrole nitrogens is 1. The highest BCUT2D eigenvalue weighted by Gasteiger charge is 2.09. The third-order valence-corrected chi connectivity index (χ3v) is 4.55. The van der Waals surface area contributed by atoms with E-state index >= 15 is 0 Å². The Labute approximate surface area is 136 Å². The number of aryl methyl sites for hydroxylation is 1. The number of anilines is 1. The molecule has 0 aliphatic heterocycles. The van der Waals surface area contributed by atoms with Crippen LogP contribution < -0.4 is 5.43 Å². The number of aromatic amines is 1. The molecule has 0 aliphatic rings. The number of nitrogens with zero attached hydrogens (tertiary/aromatic N) is 4. The Hall–Kier alpha value is -2.80. The van der Waals surface area contributed by atoms with Gasteiger partial charge in [-0.2, -0.15) is 10.1 Å². The molecule has 6 nitrogen and oxygen atoms in total. The lowest BCUT2D eigenvalue weighted by Gasteiger charge is -1.99. The summed E-state index contributed by atoms with van der Waals surface area (Å²) in [5.74, 6) is 0.372. The molecular formula is C16H14N6S. The number of benzene rings is 1. The van der Waals surface area contributed by atoms with Gasteiger partial charge < -0.3 is 4.98 Å². The molecule has 0 unspecified atom stereocenters. The van der Waals surface area contributed by atoms with Crippen molar-refractivity contribution in [2.45, 2.75) is 13.8 Å². The number of fused-ring (bicyclic) bond motifs is 3. The van der Waals surface area contributed by atoms with Crippen LogP contribution in [0.15, 0.2) is 40.8 Å². The molecule has 4 aromatic rings. The van der Waals surface area contributed by atoms with Crippen molar-refractivity contribution < 1.29 is 0 Å². The van der Waals surface area contributed by atoms with E-state index in [1.54, 1.807) is 11.3 Å². The van der Waals surface area contributed by atoms with Gasteiger partial charge in [0.15, 0.2) is 5.65 Å². The Kier molecular flexibility index (Phi) is 3.27. The average Bonchev–Trinajstić information content (AvgIpc) is 3.19. The number of thiophene rings is 1. The molecule has 0 bridgehead atoms. The number of hydrogen-bond donors (Lipinski definition) is 2. The molecule has 0 radical (unpaired) electrons. The molecule has 0 saturated carbocycles. The molecule has 0 aliphatic carbocycles. The fourth-order valence-corrected chi connectivity index (χ4v) is 3.08. The number of nitrogens with one attached hydrogen (secondary N) is 2. The quantitative estimate of drug-likeness (QED) is 0.445. The Bertz CT molecular complexity index is 1020. The zero-order chi connectivity index (χ0) is 15.8. The van der Waals surface area contributed by atoms with Crippen molar-refractivity contribution >= 4 is 45.1 Å². The number of rotatable bonds is 3. The highest BCUT2D eigenvalue weighted by molar-refractivity contribution is 7.12. The first-order valence-electron chi connectivity index (χ1n) is 7.17. The summed E-state index contributed by atoms with van der Waals surface area (Å²) in [5, 5.41) is 15.8. The predicted octanol–water partition coefficient (Wildman–Crippen LogP) is 3.71. The molecule has 0 saturated heterocycles. The molecular weight excluding hydrogens is 308 g/mol. The minimum Gasteiger partial charge on any atom is -0.338 e. The average molecular weight is 322 g/mol. The molecule has 23 heavy (non-hydrogen) atoms. The van der Waals surface area contributed by atoms with Gasteiger partial charge in [0.1, 0.15) is 5.52 Å². The SMILES string of the molecule is C/C(=N\Nc1nnc2c(n1)[nH]c1ccc(C)cc12)c1cccs1. The molecule has 0 amide bonds. The van der Waals surface area contributed by atoms with Crippen LogP contribution in [0.1, 0.15) is 17.4 Å². The first kappa shape index (κ1) is 13.8. The van der Waals surface area contributed by atoms with Crippen LogP contribution in [0.5, 0.6) is 0 Å². The molecule has 3 heterocycles. The van der Waals surface area contributed by atoms with Crippen molar-refractivity contribution in [1.82, 2.24) is 20.2 Å². The van der Waals surface area contributed by atoms with Crippen LogP contribution in [0.4, 0.5) is 5.95 Å². The summed E-state index contributed by atoms with van der Waals surface area (Å²) in [4.78, 5) is 8.82. The molecule has 3 aromatic heterocycles. The Morgan fingerprint density at radius 2 is 2.17 bits per heavy atom. The largest absolute Gasteiger partial charge is 0.338 e. The monoisotopic (exact) mass is 322 g/mol. The molecule has 0 atom stereocenters. The Morgan fingerprint density at radius 3 is 3.00 bits per heavy atom. The van der Waals surface area contributed by atoms with Crippen molar-refractivity contribution in [3.05, 3.63) is 46.2 Å². The molecule has 114 valence electrons. The zero-order valence-electron chi connectivity index (χ0n) is 12.7. The topological polar surface area (TPSA) is 78.8 Å². The lowest BCUT2D eigenvalue weighted by atomic mass is 10.2. The second kappa shape index (κ2) is 5.44. The highest BCUT2D eigenvalue weighted by atomic mass is 32.1. The maximum Gasteiger partial charge on any atom is 0.265 e. The summed E-state index contributed by atoms with van der Waals surface area (Å²) in [6, 6.07) is 10.2. The van der Waals surface area contributed by atoms with Crippen LogP contribution in [-0.2, 0) is 0 Å². The van der Waals surface area contributed by atoms with Gasteiger partial charge in [-0.05, 0) is 37.4 Å². The van der Waals surface area contributed by atoms with Crippen molar-refractivity contribution in [2.24, 2.45) is 5.10 Å². The van der Waals surface area contributed by atoms with E-state index in [4.69, 9.17) is 0 Å². The van der Waals surface area contributed by atoms with Crippen molar-refractivity contribution in [3.8, 4) is 0 Å². The summed E-state index contributed by atoms with van der Waals surface area (Å²) < 4.78 is 0. The van der Waals surface area contributed by atoms with E-state index in [2.05, 4.69) is 49.7 Å². The first-order chi connectivity index (χ1) is 11.2. The first-order valence-corrected chi connectivity index (χ1v) is 8.05. The summed E-state index contributed by atoms with van der Waals surface area (Å²) in [7, 11) is 0. The van der Waals surface area contributed by atoms with Crippen molar-refractivity contribution in [1.29, 1.82) is 0 Å². The van der Waals surface area contributed by atoms with E-state index in [1.807, 2.05) is 30.5 Å². The molecule has 0 fully saturated rings. The Balaban J connectivity index is 1.69. The maximum absolute atomic E-state index is 4.45. The molecule has 7 heteroatoms. The molecule has 1 aromatic carbocycles. The van der Waals surface area contributed by atoms with E-state index < -0.39 is 0 Å². The molecule has 0 spiro atoms. The minimum absolute atomic E-state index is 0.372. The van der Waals surface area contributed by atoms with Crippen LogP contribution in [0.25, 0.3) is 22.1 Å². The molecule has 4 rings (SSSR count). The van der Waals surface area contributed by atoms with Crippen LogP contribution in [0.2, 0.25) is 0 Å². The number of aromatic nitrogens is 4. The zero-order valence-corrected chi connectivity index (χ0v) is 13.5. The van der Waals surface area contributed by atoms with Crippen LogP contribution in [0, 0.1) is 6.92 Å². The Morgan fingerprint density at radius 1 is 1.26 bits per heavy atom. The van der Waals surface area contributed by atoms with E-state index in [1.165, 1.54) is 5.56 Å². The summed E-state index contributed by atoms with van der Waals surface area (Å²) >= 11 is 1.64. The van der Waals surface area contributed by atoms with Crippen molar-refractivity contribution in [2.75, 3.05) is 5.43 Å². The van der Waals surface area contributed by atoms with E-state index in [0.29, 0.717) is 11.6 Å². The molecule has 2 N–H and O–H groups in total. The van der Waals surface area contributed by atoms with Gasteiger partial charge in [0.25, 0.3) is 5.95 Å². The van der Waals surface area contributed by atoms with Gasteiger partial charge >= 0.3 is 0 Å². The van der Waals surface area contributed by atoms with E-state index in [9.17, 15) is 0 Å². The van der Waals surface area contributed by atoms with Gasteiger partial charge in [0.2, 0.25) is 0 Å². The number of hydrogen-bond acceptors (Lipinski definition) is 6.